The molecule has 0 aliphatic heterocycles. The van der Waals surface area contributed by atoms with Gasteiger partial charge in [0.05, 0.1) is 21.3 Å². The summed E-state index contributed by atoms with van der Waals surface area (Å²) in [4.78, 5) is 23.8. The number of carbonyl (C=O) groups is 2. The first-order chi connectivity index (χ1) is 9.76. The third-order valence-electron chi connectivity index (χ3n) is 2.95. The monoisotopic (exact) mass is 332 g/mol. The normalized spacial score (nSPS) is 13.4. The summed E-state index contributed by atoms with van der Waals surface area (Å²) in [5.41, 5.74) is 5.95. The Balaban J connectivity index is 2.75. The Labute approximate surface area is 133 Å². The smallest absolute Gasteiger partial charge is 0.339 e. The molecule has 1 rings (SSSR count). The van der Waals surface area contributed by atoms with Crippen molar-refractivity contribution < 1.29 is 14.3 Å². The fraction of sp³-hybridized carbons (Fsp3) is 0.429. The van der Waals surface area contributed by atoms with E-state index in [1.165, 1.54) is 19.1 Å². The molecule has 5 nitrogen and oxygen atoms in total. The first-order valence-electron chi connectivity index (χ1n) is 6.52. The van der Waals surface area contributed by atoms with Crippen LogP contribution in [0.25, 0.3) is 0 Å². The molecule has 0 spiro atoms. The van der Waals surface area contributed by atoms with E-state index in [4.69, 9.17) is 33.7 Å². The fourth-order valence-corrected chi connectivity index (χ4v) is 1.81. The van der Waals surface area contributed by atoms with Gasteiger partial charge >= 0.3 is 5.97 Å². The minimum atomic E-state index is -0.915. The Hall–Kier alpha value is -1.46. The molecule has 0 radical (unpaired) electrons. The van der Waals surface area contributed by atoms with Crippen molar-refractivity contribution in [2.75, 3.05) is 5.73 Å². The number of anilines is 1. The van der Waals surface area contributed by atoms with E-state index in [0.717, 1.165) is 6.42 Å². The van der Waals surface area contributed by atoms with E-state index in [0.29, 0.717) is 0 Å². The highest BCUT2D eigenvalue weighted by Gasteiger charge is 2.21. The molecule has 0 aliphatic rings. The summed E-state index contributed by atoms with van der Waals surface area (Å²) in [7, 11) is 0. The minimum absolute atomic E-state index is 0.0132. The lowest BCUT2D eigenvalue weighted by atomic mass is 10.2. The quantitative estimate of drug-likeness (QED) is 0.641. The second-order valence-electron chi connectivity index (χ2n) is 4.73. The molecule has 0 bridgehead atoms. The van der Waals surface area contributed by atoms with E-state index >= 15 is 0 Å². The average Bonchev–Trinajstić information content (AvgIpc) is 2.43. The lowest BCUT2D eigenvalue weighted by Crippen LogP contribution is -2.40. The van der Waals surface area contributed by atoms with Crippen LogP contribution in [0.15, 0.2) is 12.1 Å². The molecular formula is C14H18Cl2N2O3. The van der Waals surface area contributed by atoms with Gasteiger partial charge in [0.15, 0.2) is 6.10 Å². The van der Waals surface area contributed by atoms with Crippen LogP contribution in [0.4, 0.5) is 5.69 Å². The van der Waals surface area contributed by atoms with Crippen LogP contribution in [0.5, 0.6) is 0 Å². The molecule has 0 aromatic heterocycles. The predicted octanol–water partition coefficient (Wildman–Crippen LogP) is 3.04. The van der Waals surface area contributed by atoms with Gasteiger partial charge in [-0.1, -0.05) is 30.1 Å². The van der Waals surface area contributed by atoms with Gasteiger partial charge in [-0.2, -0.15) is 0 Å². The third kappa shape index (κ3) is 4.79. The van der Waals surface area contributed by atoms with E-state index in [1.54, 1.807) is 0 Å². The van der Waals surface area contributed by atoms with Crippen molar-refractivity contribution in [3.63, 3.8) is 0 Å². The highest BCUT2D eigenvalue weighted by molar-refractivity contribution is 6.43. The van der Waals surface area contributed by atoms with Crippen molar-refractivity contribution in [1.82, 2.24) is 5.32 Å². The number of nitrogen functional groups attached to an aromatic ring is 1. The van der Waals surface area contributed by atoms with Gasteiger partial charge in [0, 0.05) is 6.04 Å². The number of nitrogens with two attached hydrogens (primary N) is 1. The molecule has 1 aromatic carbocycles. The number of hydrogen-bond donors (Lipinski definition) is 2. The van der Waals surface area contributed by atoms with Gasteiger partial charge in [-0.15, -0.1) is 0 Å². The number of ether oxygens (including phenoxy) is 1. The summed E-state index contributed by atoms with van der Waals surface area (Å²) in [6, 6.07) is 2.72. The number of esters is 1. The first-order valence-corrected chi connectivity index (χ1v) is 7.27. The topological polar surface area (TPSA) is 81.4 Å². The van der Waals surface area contributed by atoms with Crippen LogP contribution in [0.2, 0.25) is 10.0 Å². The third-order valence-corrected chi connectivity index (χ3v) is 3.76. The Kier molecular flexibility index (Phi) is 6.30. The molecule has 1 aromatic rings. The van der Waals surface area contributed by atoms with Gasteiger partial charge in [0.1, 0.15) is 0 Å². The van der Waals surface area contributed by atoms with Gasteiger partial charge < -0.3 is 15.8 Å². The summed E-state index contributed by atoms with van der Waals surface area (Å²) in [5, 5.41) is 3.06. The molecule has 0 fully saturated rings. The molecule has 116 valence electrons. The highest BCUT2D eigenvalue weighted by Crippen LogP contribution is 2.29. The van der Waals surface area contributed by atoms with Crippen LogP contribution in [-0.2, 0) is 9.53 Å². The maximum atomic E-state index is 12.0. The molecule has 0 aliphatic carbocycles. The van der Waals surface area contributed by atoms with Crippen LogP contribution >= 0.6 is 23.2 Å². The minimum Gasteiger partial charge on any atom is -0.449 e. The second-order valence-corrected chi connectivity index (χ2v) is 5.51. The van der Waals surface area contributed by atoms with Gasteiger partial charge in [0.25, 0.3) is 5.91 Å². The first kappa shape index (κ1) is 17.6. The molecule has 21 heavy (non-hydrogen) atoms. The zero-order valence-corrected chi connectivity index (χ0v) is 13.6. The molecule has 1 amide bonds. The Morgan fingerprint density at radius 1 is 1.33 bits per heavy atom. The molecule has 2 atom stereocenters. The molecule has 0 saturated carbocycles. The van der Waals surface area contributed by atoms with Gasteiger partial charge in [-0.25, -0.2) is 4.79 Å². The Morgan fingerprint density at radius 3 is 2.48 bits per heavy atom. The fourth-order valence-electron chi connectivity index (χ4n) is 1.47. The van der Waals surface area contributed by atoms with Gasteiger partial charge in [-0.3, -0.25) is 4.79 Å². The standard InChI is InChI=1S/C14H18Cl2N2O3/c1-4-7(2)18-13(19)8(3)21-14(20)9-5-10(15)12(16)11(17)6-9/h5-8H,4,17H2,1-3H3,(H,18,19). The van der Waals surface area contributed by atoms with Crippen LogP contribution in [0.3, 0.4) is 0 Å². The van der Waals surface area contributed by atoms with Crippen LogP contribution in [0, 0.1) is 0 Å². The van der Waals surface area contributed by atoms with Crippen molar-refractivity contribution in [2.45, 2.75) is 39.3 Å². The van der Waals surface area contributed by atoms with Gasteiger partial charge in [0.2, 0.25) is 0 Å². The summed E-state index contributed by atoms with van der Waals surface area (Å²) >= 11 is 11.7. The second kappa shape index (κ2) is 7.52. The Bertz CT molecular complexity index is 526. The molecule has 2 unspecified atom stereocenters. The zero-order valence-electron chi connectivity index (χ0n) is 12.1. The zero-order chi connectivity index (χ0) is 16.2. The largest absolute Gasteiger partial charge is 0.449 e. The van der Waals surface area contributed by atoms with Crippen LogP contribution in [-0.4, -0.2) is 24.0 Å². The molecule has 3 N–H and O–H groups in total. The van der Waals surface area contributed by atoms with Gasteiger partial charge in [-0.05, 0) is 32.4 Å². The summed E-state index contributed by atoms with van der Waals surface area (Å²) in [5.74, 6) is -1.04. The summed E-state index contributed by atoms with van der Waals surface area (Å²) in [6.45, 7) is 5.31. The van der Waals surface area contributed by atoms with E-state index < -0.39 is 12.1 Å². The van der Waals surface area contributed by atoms with E-state index in [-0.39, 0.29) is 33.2 Å². The van der Waals surface area contributed by atoms with Crippen molar-refractivity contribution in [3.05, 3.63) is 27.7 Å². The SMILES string of the molecule is CCC(C)NC(=O)C(C)OC(=O)c1cc(N)c(Cl)c(Cl)c1. The summed E-state index contributed by atoms with van der Waals surface area (Å²) in [6.07, 6.45) is -0.127. The van der Waals surface area contributed by atoms with Crippen molar-refractivity contribution in [1.29, 1.82) is 0 Å². The molecular weight excluding hydrogens is 315 g/mol. The number of amides is 1. The summed E-state index contributed by atoms with van der Waals surface area (Å²) < 4.78 is 5.09. The lowest BCUT2D eigenvalue weighted by molar-refractivity contribution is -0.129. The Morgan fingerprint density at radius 2 is 1.95 bits per heavy atom. The number of nitrogens with one attached hydrogen (secondary N) is 1. The van der Waals surface area contributed by atoms with Crippen LogP contribution < -0.4 is 11.1 Å². The molecule has 0 saturated heterocycles. The van der Waals surface area contributed by atoms with E-state index in [1.807, 2.05) is 13.8 Å². The number of hydrogen-bond acceptors (Lipinski definition) is 4. The molecule has 0 heterocycles. The number of halogens is 2. The van der Waals surface area contributed by atoms with Crippen molar-refractivity contribution in [3.8, 4) is 0 Å². The van der Waals surface area contributed by atoms with E-state index in [2.05, 4.69) is 5.32 Å². The van der Waals surface area contributed by atoms with Crippen molar-refractivity contribution >= 4 is 40.8 Å². The predicted molar refractivity (Wildman–Crippen MR) is 83.6 cm³/mol. The van der Waals surface area contributed by atoms with Crippen molar-refractivity contribution in [2.24, 2.45) is 0 Å². The highest BCUT2D eigenvalue weighted by atomic mass is 35.5. The maximum absolute atomic E-state index is 12.0. The molecule has 7 heteroatoms. The lowest BCUT2D eigenvalue weighted by Gasteiger charge is -2.17. The number of rotatable bonds is 5. The maximum Gasteiger partial charge on any atom is 0.339 e. The number of benzene rings is 1. The average molecular weight is 333 g/mol. The van der Waals surface area contributed by atoms with E-state index in [9.17, 15) is 9.59 Å². The van der Waals surface area contributed by atoms with Crippen LogP contribution in [0.1, 0.15) is 37.6 Å². The number of carbonyl (C=O) groups excluding carboxylic acids is 2.